The molecule has 31 heavy (non-hydrogen) atoms. The Kier molecular flexibility index (Phi) is 8.19. The number of ether oxygens (including phenoxy) is 2. The summed E-state index contributed by atoms with van der Waals surface area (Å²) in [6.07, 6.45) is 1.78. The van der Waals surface area contributed by atoms with E-state index in [-0.39, 0.29) is 34.1 Å². The van der Waals surface area contributed by atoms with E-state index in [1.165, 1.54) is 7.11 Å². The van der Waals surface area contributed by atoms with Crippen LogP contribution in [0.3, 0.4) is 0 Å². The molecule has 2 rings (SSSR count). The van der Waals surface area contributed by atoms with Gasteiger partial charge in [-0.25, -0.2) is 4.79 Å². The van der Waals surface area contributed by atoms with Gasteiger partial charge in [-0.05, 0) is 70.3 Å². The Balaban J connectivity index is 2.59. The zero-order chi connectivity index (χ0) is 23.7. The Morgan fingerprint density at radius 3 is 2.29 bits per heavy atom. The molecule has 1 aromatic carbocycles. The number of Topliss-reactive ketones (excluding diaryl/α,β-unsaturated/α-hetero) is 1. The van der Waals surface area contributed by atoms with E-state index in [0.29, 0.717) is 12.2 Å². The maximum absolute atomic E-state index is 13.1. The van der Waals surface area contributed by atoms with Crippen molar-refractivity contribution in [2.24, 2.45) is 11.8 Å². The standard InChI is InChI=1S/C24H35IO5Si/c1-14(2)19(13-30-31(8,9)24(3,4)5)15-10-18(23(27)29-7)22(26)17-11-20(25)21(28-6)12-16(15)17/h10-12,14-15,19H,13H2,1-9H3/t15?,19-/m1/s1. The van der Waals surface area contributed by atoms with Gasteiger partial charge in [0.15, 0.2) is 14.1 Å². The molecule has 0 heterocycles. The largest absolute Gasteiger partial charge is 0.496 e. The molecule has 2 atom stereocenters. The van der Waals surface area contributed by atoms with Crippen molar-refractivity contribution in [3.63, 3.8) is 0 Å². The molecule has 1 unspecified atom stereocenters. The molecule has 0 aromatic heterocycles. The van der Waals surface area contributed by atoms with Crippen LogP contribution in [0.4, 0.5) is 0 Å². The molecule has 0 amide bonds. The smallest absolute Gasteiger partial charge is 0.341 e. The molecule has 0 fully saturated rings. The van der Waals surface area contributed by atoms with Crippen molar-refractivity contribution >= 4 is 42.7 Å². The minimum Gasteiger partial charge on any atom is -0.496 e. The quantitative estimate of drug-likeness (QED) is 0.179. The van der Waals surface area contributed by atoms with Crippen molar-refractivity contribution in [3.05, 3.63) is 38.5 Å². The van der Waals surface area contributed by atoms with Crippen LogP contribution in [0.15, 0.2) is 23.8 Å². The number of halogens is 1. The fraction of sp³-hybridized carbons (Fsp3) is 0.583. The second kappa shape index (κ2) is 9.75. The number of allylic oxidation sites excluding steroid dienone is 1. The van der Waals surface area contributed by atoms with Crippen LogP contribution in [0.25, 0.3) is 0 Å². The third-order valence-corrected chi connectivity index (χ3v) is 12.0. The van der Waals surface area contributed by atoms with Gasteiger partial charge < -0.3 is 13.9 Å². The van der Waals surface area contributed by atoms with Crippen LogP contribution >= 0.6 is 22.6 Å². The van der Waals surface area contributed by atoms with Crippen LogP contribution in [0.1, 0.15) is 56.5 Å². The fourth-order valence-corrected chi connectivity index (χ4v) is 5.27. The molecule has 0 saturated carbocycles. The van der Waals surface area contributed by atoms with E-state index in [1.807, 2.05) is 12.1 Å². The maximum atomic E-state index is 13.1. The molecular weight excluding hydrogens is 523 g/mol. The molecule has 5 nitrogen and oxygen atoms in total. The van der Waals surface area contributed by atoms with Gasteiger partial charge >= 0.3 is 5.97 Å². The van der Waals surface area contributed by atoms with E-state index in [4.69, 9.17) is 13.9 Å². The maximum Gasteiger partial charge on any atom is 0.341 e. The summed E-state index contributed by atoms with van der Waals surface area (Å²) in [4.78, 5) is 25.5. The van der Waals surface area contributed by atoms with Gasteiger partial charge in [0.05, 0.1) is 17.8 Å². The molecule has 7 heteroatoms. The van der Waals surface area contributed by atoms with Crippen LogP contribution in [0.5, 0.6) is 5.75 Å². The predicted octanol–water partition coefficient (Wildman–Crippen LogP) is 5.97. The van der Waals surface area contributed by atoms with E-state index in [0.717, 1.165) is 14.9 Å². The zero-order valence-electron chi connectivity index (χ0n) is 20.1. The first-order valence-electron chi connectivity index (χ1n) is 10.6. The molecule has 0 N–H and O–H groups in total. The van der Waals surface area contributed by atoms with Crippen LogP contribution in [-0.2, 0) is 14.0 Å². The number of carbonyl (C=O) groups is 2. The predicted molar refractivity (Wildman–Crippen MR) is 134 cm³/mol. The van der Waals surface area contributed by atoms with Gasteiger partial charge in [0, 0.05) is 18.1 Å². The summed E-state index contributed by atoms with van der Waals surface area (Å²) in [5.41, 5.74) is 1.52. The molecule has 0 aliphatic heterocycles. The lowest BCUT2D eigenvalue weighted by Gasteiger charge is -2.40. The lowest BCUT2D eigenvalue weighted by molar-refractivity contribution is -0.135. The summed E-state index contributed by atoms with van der Waals surface area (Å²) in [6, 6.07) is 3.75. The molecule has 0 bridgehead atoms. The molecule has 1 aliphatic carbocycles. The molecule has 172 valence electrons. The molecule has 0 saturated heterocycles. The fourth-order valence-electron chi connectivity index (χ4n) is 3.54. The first-order valence-corrected chi connectivity index (χ1v) is 14.6. The van der Waals surface area contributed by atoms with Gasteiger partial charge in [0.1, 0.15) is 11.3 Å². The number of hydrogen-bond acceptors (Lipinski definition) is 5. The number of carbonyl (C=O) groups excluding carboxylic acids is 2. The van der Waals surface area contributed by atoms with Gasteiger partial charge in [-0.3, -0.25) is 4.79 Å². The van der Waals surface area contributed by atoms with Crippen LogP contribution in [-0.4, -0.2) is 40.9 Å². The third-order valence-electron chi connectivity index (χ3n) is 6.68. The minimum atomic E-state index is -1.96. The van der Waals surface area contributed by atoms with Crippen LogP contribution < -0.4 is 4.74 Å². The highest BCUT2D eigenvalue weighted by molar-refractivity contribution is 14.1. The normalized spacial score (nSPS) is 17.8. The summed E-state index contributed by atoms with van der Waals surface area (Å²) in [5.74, 6) is 0.0322. The van der Waals surface area contributed by atoms with Crippen molar-refractivity contribution < 1.29 is 23.5 Å². The Morgan fingerprint density at radius 1 is 1.19 bits per heavy atom. The first kappa shape index (κ1) is 26.1. The van der Waals surface area contributed by atoms with Gasteiger partial charge in [-0.2, -0.15) is 0 Å². The monoisotopic (exact) mass is 558 g/mol. The highest BCUT2D eigenvalue weighted by atomic mass is 127. The van der Waals surface area contributed by atoms with Gasteiger partial charge in [-0.15, -0.1) is 0 Å². The number of fused-ring (bicyclic) bond motifs is 1. The molecular formula is C24H35IO5Si. The Labute approximate surface area is 201 Å². The summed E-state index contributed by atoms with van der Waals surface area (Å²) < 4.78 is 17.9. The lowest BCUT2D eigenvalue weighted by Crippen LogP contribution is -2.43. The van der Waals surface area contributed by atoms with Crippen molar-refractivity contribution in [1.29, 1.82) is 0 Å². The SMILES string of the molecule is COC(=O)C1=CC([C@H](CO[Si](C)(C)C(C)(C)C)C(C)C)c2cc(OC)c(I)cc2C1=O. The van der Waals surface area contributed by atoms with Crippen molar-refractivity contribution in [2.45, 2.75) is 58.7 Å². The molecule has 1 aromatic rings. The number of esters is 1. The number of rotatable bonds is 7. The topological polar surface area (TPSA) is 61.8 Å². The molecule has 0 spiro atoms. The molecule has 0 radical (unpaired) electrons. The van der Waals surface area contributed by atoms with E-state index in [2.05, 4.69) is 70.3 Å². The van der Waals surface area contributed by atoms with E-state index >= 15 is 0 Å². The molecule has 1 aliphatic rings. The highest BCUT2D eigenvalue weighted by Crippen LogP contribution is 2.43. The number of methoxy groups -OCH3 is 2. The number of benzene rings is 1. The van der Waals surface area contributed by atoms with E-state index in [9.17, 15) is 9.59 Å². The first-order chi connectivity index (χ1) is 14.2. The summed E-state index contributed by atoms with van der Waals surface area (Å²) >= 11 is 2.15. The van der Waals surface area contributed by atoms with Crippen molar-refractivity contribution in [2.75, 3.05) is 20.8 Å². The average Bonchev–Trinajstić information content (AvgIpc) is 2.67. The summed E-state index contributed by atoms with van der Waals surface area (Å²) in [5, 5.41) is 0.0985. The number of hydrogen-bond donors (Lipinski definition) is 0. The average molecular weight is 559 g/mol. The second-order valence-electron chi connectivity index (χ2n) is 9.98. The van der Waals surface area contributed by atoms with Gasteiger partial charge in [0.25, 0.3) is 0 Å². The minimum absolute atomic E-state index is 0.0883. The summed E-state index contributed by atoms with van der Waals surface area (Å²) in [6.45, 7) is 16.0. The summed E-state index contributed by atoms with van der Waals surface area (Å²) in [7, 11) is 0.970. The number of ketones is 1. The van der Waals surface area contributed by atoms with Crippen molar-refractivity contribution in [1.82, 2.24) is 0 Å². The van der Waals surface area contributed by atoms with Crippen LogP contribution in [0.2, 0.25) is 18.1 Å². The third kappa shape index (κ3) is 5.42. The zero-order valence-corrected chi connectivity index (χ0v) is 23.2. The Hall–Kier alpha value is -1.19. The highest BCUT2D eigenvalue weighted by Gasteiger charge is 2.41. The second-order valence-corrected chi connectivity index (χ2v) is 16.0. The van der Waals surface area contributed by atoms with Gasteiger partial charge in [0.2, 0.25) is 0 Å². The van der Waals surface area contributed by atoms with E-state index in [1.54, 1.807) is 13.2 Å². The van der Waals surface area contributed by atoms with E-state index < -0.39 is 14.3 Å². The Morgan fingerprint density at radius 2 is 1.81 bits per heavy atom. The van der Waals surface area contributed by atoms with Crippen molar-refractivity contribution in [3.8, 4) is 5.75 Å². The van der Waals surface area contributed by atoms with Crippen LogP contribution in [0, 0.1) is 15.4 Å². The Bertz CT molecular complexity index is 883. The van der Waals surface area contributed by atoms with Gasteiger partial charge in [-0.1, -0.05) is 40.7 Å². The lowest BCUT2D eigenvalue weighted by atomic mass is 9.73.